The minimum atomic E-state index is -1.26. The molecule has 1 aromatic rings. The van der Waals surface area contributed by atoms with Crippen LogP contribution in [0.1, 0.15) is 31.9 Å². The van der Waals surface area contributed by atoms with E-state index >= 15 is 0 Å². The fraction of sp³-hybridized carbons (Fsp3) is 0.385. The van der Waals surface area contributed by atoms with Crippen molar-refractivity contribution in [1.82, 2.24) is 4.90 Å². The van der Waals surface area contributed by atoms with E-state index in [4.69, 9.17) is 5.11 Å². The molecule has 0 heterocycles. The summed E-state index contributed by atoms with van der Waals surface area (Å²) in [5.41, 5.74) is 0.117. The van der Waals surface area contributed by atoms with E-state index in [0.717, 1.165) is 17.0 Å². The minimum Gasteiger partial charge on any atom is -0.505 e. The first kappa shape index (κ1) is 14.9. The Morgan fingerprint density at radius 3 is 2.47 bits per heavy atom. The number of aromatic hydroxyl groups is 1. The Kier molecular flexibility index (Phi) is 4.86. The van der Waals surface area contributed by atoms with E-state index in [1.165, 1.54) is 13.0 Å². The molecule has 0 aliphatic rings. The van der Waals surface area contributed by atoms with E-state index in [1.54, 1.807) is 0 Å². The predicted octanol–water partition coefficient (Wildman–Crippen LogP) is 1.92. The molecule has 2 N–H and O–H groups in total. The zero-order valence-corrected chi connectivity index (χ0v) is 10.8. The molecule has 1 atom stereocenters. The molecular weight excluding hydrogens is 253 g/mol. The quantitative estimate of drug-likeness (QED) is 0.856. The smallest absolute Gasteiger partial charge is 0.331 e. The van der Waals surface area contributed by atoms with Crippen LogP contribution in [0.5, 0.6) is 5.75 Å². The van der Waals surface area contributed by atoms with Gasteiger partial charge in [-0.25, -0.2) is 9.18 Å². The Morgan fingerprint density at radius 1 is 1.42 bits per heavy atom. The standard InChI is InChI=1S/C13H16FNO4/c1-3-6-15(8(2)16)12(13(18)19)9-4-5-11(17)10(14)7-9/h4-5,7,12,17H,3,6H2,1-2H3,(H,18,19). The molecule has 1 aromatic carbocycles. The number of halogens is 1. The number of carboxylic acids is 1. The zero-order chi connectivity index (χ0) is 14.6. The highest BCUT2D eigenvalue weighted by Crippen LogP contribution is 2.26. The first-order valence-corrected chi connectivity index (χ1v) is 5.86. The number of amides is 1. The number of hydrogen-bond acceptors (Lipinski definition) is 3. The molecule has 0 saturated carbocycles. The van der Waals surface area contributed by atoms with E-state index in [2.05, 4.69) is 0 Å². The van der Waals surface area contributed by atoms with E-state index in [9.17, 15) is 19.1 Å². The van der Waals surface area contributed by atoms with Crippen molar-refractivity contribution in [2.24, 2.45) is 0 Å². The van der Waals surface area contributed by atoms with Gasteiger partial charge in [-0.05, 0) is 24.1 Å². The highest BCUT2D eigenvalue weighted by Gasteiger charge is 2.29. The molecule has 0 bridgehead atoms. The van der Waals surface area contributed by atoms with Gasteiger partial charge >= 0.3 is 5.97 Å². The second-order valence-electron chi connectivity index (χ2n) is 4.16. The minimum absolute atomic E-state index is 0.117. The van der Waals surface area contributed by atoms with Crippen LogP contribution < -0.4 is 0 Å². The fourth-order valence-electron chi connectivity index (χ4n) is 1.86. The normalized spacial score (nSPS) is 11.9. The Labute approximate surface area is 110 Å². The summed E-state index contributed by atoms with van der Waals surface area (Å²) in [6.07, 6.45) is 0.587. The molecule has 0 aromatic heterocycles. The fourth-order valence-corrected chi connectivity index (χ4v) is 1.86. The maximum atomic E-state index is 13.3. The van der Waals surface area contributed by atoms with E-state index in [1.807, 2.05) is 6.92 Å². The third-order valence-electron chi connectivity index (χ3n) is 2.70. The van der Waals surface area contributed by atoms with E-state index in [0.29, 0.717) is 6.42 Å². The second kappa shape index (κ2) is 6.17. The van der Waals surface area contributed by atoms with Crippen molar-refractivity contribution in [2.45, 2.75) is 26.3 Å². The van der Waals surface area contributed by atoms with E-state index in [-0.39, 0.29) is 12.1 Å². The third kappa shape index (κ3) is 3.43. The molecule has 5 nitrogen and oxygen atoms in total. The molecule has 0 aliphatic heterocycles. The van der Waals surface area contributed by atoms with Crippen molar-refractivity contribution < 1.29 is 24.2 Å². The summed E-state index contributed by atoms with van der Waals surface area (Å²) in [5, 5.41) is 18.4. The topological polar surface area (TPSA) is 77.8 Å². The number of nitrogens with zero attached hydrogens (tertiary/aromatic N) is 1. The van der Waals surface area contributed by atoms with Gasteiger partial charge in [0, 0.05) is 13.5 Å². The summed E-state index contributed by atoms with van der Waals surface area (Å²) < 4.78 is 13.3. The van der Waals surface area contributed by atoms with E-state index < -0.39 is 29.5 Å². The largest absolute Gasteiger partial charge is 0.505 e. The highest BCUT2D eigenvalue weighted by atomic mass is 19.1. The first-order valence-electron chi connectivity index (χ1n) is 5.86. The van der Waals surface area contributed by atoms with Gasteiger partial charge in [-0.1, -0.05) is 13.0 Å². The molecule has 1 amide bonds. The van der Waals surface area contributed by atoms with Gasteiger partial charge in [0.15, 0.2) is 17.6 Å². The Bertz CT molecular complexity index is 490. The molecule has 1 unspecified atom stereocenters. The lowest BCUT2D eigenvalue weighted by atomic mass is 10.0. The maximum Gasteiger partial charge on any atom is 0.331 e. The average Bonchev–Trinajstić information content (AvgIpc) is 2.32. The van der Waals surface area contributed by atoms with Gasteiger partial charge in [0.2, 0.25) is 5.91 Å². The van der Waals surface area contributed by atoms with Gasteiger partial charge in [0.05, 0.1) is 0 Å². The van der Waals surface area contributed by atoms with Gasteiger partial charge in [-0.15, -0.1) is 0 Å². The zero-order valence-electron chi connectivity index (χ0n) is 10.8. The Balaban J connectivity index is 3.21. The summed E-state index contributed by atoms with van der Waals surface area (Å²) in [7, 11) is 0. The molecule has 0 aliphatic carbocycles. The number of phenolic OH excluding ortho intramolecular Hbond substituents is 1. The van der Waals surface area contributed by atoms with Crippen LogP contribution in [0.3, 0.4) is 0 Å². The molecule has 104 valence electrons. The van der Waals surface area contributed by atoms with Crippen LogP contribution in [0.4, 0.5) is 4.39 Å². The number of rotatable bonds is 5. The van der Waals surface area contributed by atoms with Crippen LogP contribution in [0.15, 0.2) is 18.2 Å². The van der Waals surface area contributed by atoms with Crippen LogP contribution in [-0.2, 0) is 9.59 Å². The van der Waals surface area contributed by atoms with Crippen molar-refractivity contribution in [2.75, 3.05) is 6.54 Å². The third-order valence-corrected chi connectivity index (χ3v) is 2.70. The summed E-state index contributed by atoms with van der Waals surface area (Å²) in [4.78, 5) is 24.0. The number of aliphatic carboxylic acids is 1. The van der Waals surface area contributed by atoms with Crippen molar-refractivity contribution in [1.29, 1.82) is 0 Å². The van der Waals surface area contributed by atoms with Gasteiger partial charge in [-0.2, -0.15) is 0 Å². The number of phenols is 1. The molecule has 1 rings (SSSR count). The van der Waals surface area contributed by atoms with Crippen molar-refractivity contribution >= 4 is 11.9 Å². The average molecular weight is 269 g/mol. The lowest BCUT2D eigenvalue weighted by molar-refractivity contribution is -0.149. The van der Waals surface area contributed by atoms with Crippen LogP contribution in [0, 0.1) is 5.82 Å². The molecule has 19 heavy (non-hydrogen) atoms. The van der Waals surface area contributed by atoms with Gasteiger partial charge in [0.1, 0.15) is 0 Å². The number of carbonyl (C=O) groups is 2. The highest BCUT2D eigenvalue weighted by molar-refractivity contribution is 5.83. The lowest BCUT2D eigenvalue weighted by Crippen LogP contribution is -2.38. The molecular formula is C13H16FNO4. The summed E-state index contributed by atoms with van der Waals surface area (Å²) in [6.45, 7) is 3.34. The van der Waals surface area contributed by atoms with Crippen LogP contribution in [0.25, 0.3) is 0 Å². The molecule has 0 saturated heterocycles. The lowest BCUT2D eigenvalue weighted by Gasteiger charge is -2.28. The SMILES string of the molecule is CCCN(C(C)=O)C(C(=O)O)c1ccc(O)c(F)c1. The van der Waals surface area contributed by atoms with Crippen molar-refractivity contribution in [3.05, 3.63) is 29.6 Å². The summed E-state index contributed by atoms with van der Waals surface area (Å²) >= 11 is 0. The number of carbonyl (C=O) groups excluding carboxylic acids is 1. The predicted molar refractivity (Wildman–Crippen MR) is 66.1 cm³/mol. The van der Waals surface area contributed by atoms with Crippen molar-refractivity contribution in [3.8, 4) is 5.75 Å². The maximum absolute atomic E-state index is 13.3. The number of carboxylic acid groups (broad SMARTS) is 1. The Morgan fingerprint density at radius 2 is 2.05 bits per heavy atom. The van der Waals surface area contributed by atoms with Gasteiger partial charge in [0.25, 0.3) is 0 Å². The monoisotopic (exact) mass is 269 g/mol. The number of benzene rings is 1. The van der Waals surface area contributed by atoms with Crippen LogP contribution in [0.2, 0.25) is 0 Å². The van der Waals surface area contributed by atoms with Gasteiger partial charge < -0.3 is 15.1 Å². The summed E-state index contributed by atoms with van der Waals surface area (Å²) in [6, 6.07) is 2.04. The first-order chi connectivity index (χ1) is 8.88. The number of hydrogen-bond donors (Lipinski definition) is 2. The van der Waals surface area contributed by atoms with Crippen molar-refractivity contribution in [3.63, 3.8) is 0 Å². The molecule has 0 radical (unpaired) electrons. The Hall–Kier alpha value is -2.11. The van der Waals surface area contributed by atoms with Crippen LogP contribution >= 0.6 is 0 Å². The molecule has 6 heteroatoms. The van der Waals surface area contributed by atoms with Gasteiger partial charge in [-0.3, -0.25) is 4.79 Å². The second-order valence-corrected chi connectivity index (χ2v) is 4.16. The molecule has 0 spiro atoms. The summed E-state index contributed by atoms with van der Waals surface area (Å²) in [5.74, 6) is -3.11. The molecule has 0 fully saturated rings. The van der Waals surface area contributed by atoms with Crippen LogP contribution in [-0.4, -0.2) is 33.5 Å².